The smallest absolute Gasteiger partial charge is 0.144 e. The molecule has 0 saturated carbocycles. The molecule has 1 aromatic heterocycles. The zero-order valence-corrected chi connectivity index (χ0v) is 9.65. The highest BCUT2D eigenvalue weighted by Crippen LogP contribution is 2.16. The Bertz CT molecular complexity index is 319. The van der Waals surface area contributed by atoms with Crippen LogP contribution in [0.4, 0.5) is 5.82 Å². The van der Waals surface area contributed by atoms with Crippen molar-refractivity contribution in [1.82, 2.24) is 9.88 Å². The number of pyridine rings is 1. The molecule has 0 aromatic carbocycles. The number of nitrogens with one attached hydrogen (secondary N) is 1. The van der Waals surface area contributed by atoms with Crippen LogP contribution in [0.1, 0.15) is 31.2 Å². The second-order valence-electron chi connectivity index (χ2n) is 4.35. The highest BCUT2D eigenvalue weighted by atomic mass is 15.3. The lowest BCUT2D eigenvalue weighted by Gasteiger charge is -2.20. The van der Waals surface area contributed by atoms with Crippen molar-refractivity contribution in [2.24, 2.45) is 5.84 Å². The van der Waals surface area contributed by atoms with Crippen molar-refractivity contribution >= 4 is 5.82 Å². The maximum Gasteiger partial charge on any atom is 0.144 e. The van der Waals surface area contributed by atoms with E-state index in [4.69, 9.17) is 5.84 Å². The minimum absolute atomic E-state index is 0.798. The Balaban J connectivity index is 2.01. The van der Waals surface area contributed by atoms with Gasteiger partial charge in [-0.05, 0) is 32.0 Å². The Morgan fingerprint density at radius 3 is 2.69 bits per heavy atom. The van der Waals surface area contributed by atoms with Gasteiger partial charge in [0.1, 0.15) is 5.82 Å². The van der Waals surface area contributed by atoms with Gasteiger partial charge in [-0.15, -0.1) is 0 Å². The topological polar surface area (TPSA) is 54.2 Å². The Morgan fingerprint density at radius 1 is 1.25 bits per heavy atom. The normalized spacial score (nSPS) is 18.1. The third kappa shape index (κ3) is 2.93. The molecule has 0 atom stereocenters. The third-order valence-electron chi connectivity index (χ3n) is 3.12. The first-order chi connectivity index (χ1) is 7.90. The number of nitrogens with two attached hydrogens (primary N) is 1. The van der Waals surface area contributed by atoms with Crippen LogP contribution in [0, 0.1) is 0 Å². The number of likely N-dealkylation sites (tertiary alicyclic amines) is 1. The van der Waals surface area contributed by atoms with Crippen LogP contribution in [0.15, 0.2) is 18.3 Å². The van der Waals surface area contributed by atoms with Gasteiger partial charge in [0.05, 0.1) is 0 Å². The Labute approximate surface area is 96.8 Å². The number of nitrogen functional groups attached to an aromatic ring is 1. The summed E-state index contributed by atoms with van der Waals surface area (Å²) in [7, 11) is 0. The fourth-order valence-electron chi connectivity index (χ4n) is 2.23. The second-order valence-corrected chi connectivity index (χ2v) is 4.35. The maximum absolute atomic E-state index is 5.46. The molecule has 0 bridgehead atoms. The lowest BCUT2D eigenvalue weighted by atomic mass is 10.2. The first kappa shape index (κ1) is 11.4. The van der Waals surface area contributed by atoms with Crippen molar-refractivity contribution in [1.29, 1.82) is 0 Å². The molecule has 0 unspecified atom stereocenters. The van der Waals surface area contributed by atoms with Gasteiger partial charge in [-0.1, -0.05) is 18.9 Å². The number of hydrogen-bond donors (Lipinski definition) is 2. The molecule has 0 aliphatic carbocycles. The van der Waals surface area contributed by atoms with Crippen molar-refractivity contribution in [3.05, 3.63) is 23.9 Å². The van der Waals surface area contributed by atoms with E-state index in [0.717, 1.165) is 12.4 Å². The largest absolute Gasteiger partial charge is 0.308 e. The van der Waals surface area contributed by atoms with E-state index in [9.17, 15) is 0 Å². The Hall–Kier alpha value is -1.13. The molecule has 1 aromatic rings. The van der Waals surface area contributed by atoms with E-state index < -0.39 is 0 Å². The monoisotopic (exact) mass is 220 g/mol. The summed E-state index contributed by atoms with van der Waals surface area (Å²) in [6.07, 6.45) is 7.12. The van der Waals surface area contributed by atoms with E-state index in [0.29, 0.717) is 0 Å². The molecule has 1 aliphatic heterocycles. The first-order valence-corrected chi connectivity index (χ1v) is 6.03. The van der Waals surface area contributed by atoms with Crippen LogP contribution in [-0.2, 0) is 6.54 Å². The zero-order valence-electron chi connectivity index (χ0n) is 9.65. The number of hydrogen-bond acceptors (Lipinski definition) is 4. The SMILES string of the molecule is NNc1ncccc1CN1CCCCCC1. The van der Waals surface area contributed by atoms with Crippen LogP contribution >= 0.6 is 0 Å². The van der Waals surface area contributed by atoms with Crippen molar-refractivity contribution in [3.63, 3.8) is 0 Å². The Kier molecular flexibility index (Phi) is 4.13. The highest BCUT2D eigenvalue weighted by Gasteiger charge is 2.11. The molecular weight excluding hydrogens is 200 g/mol. The molecule has 16 heavy (non-hydrogen) atoms. The molecule has 0 amide bonds. The molecule has 2 heterocycles. The molecule has 1 saturated heterocycles. The van der Waals surface area contributed by atoms with E-state index in [1.54, 1.807) is 6.20 Å². The fourth-order valence-corrected chi connectivity index (χ4v) is 2.23. The van der Waals surface area contributed by atoms with Crippen molar-refractivity contribution in [2.45, 2.75) is 32.2 Å². The molecule has 2 rings (SSSR count). The average molecular weight is 220 g/mol. The number of rotatable bonds is 3. The molecular formula is C12H20N4. The van der Waals surface area contributed by atoms with Gasteiger partial charge in [0.25, 0.3) is 0 Å². The van der Waals surface area contributed by atoms with Crippen LogP contribution in [0.25, 0.3) is 0 Å². The molecule has 0 radical (unpaired) electrons. The first-order valence-electron chi connectivity index (χ1n) is 6.03. The van der Waals surface area contributed by atoms with Crippen LogP contribution in [0.3, 0.4) is 0 Å². The van der Waals surface area contributed by atoms with E-state index in [2.05, 4.69) is 21.4 Å². The van der Waals surface area contributed by atoms with Gasteiger partial charge < -0.3 is 5.43 Å². The predicted octanol–water partition coefficient (Wildman–Crippen LogP) is 1.74. The van der Waals surface area contributed by atoms with Crippen molar-refractivity contribution in [3.8, 4) is 0 Å². The van der Waals surface area contributed by atoms with E-state index in [1.165, 1.54) is 44.3 Å². The van der Waals surface area contributed by atoms with E-state index >= 15 is 0 Å². The van der Waals surface area contributed by atoms with Gasteiger partial charge >= 0.3 is 0 Å². The number of aromatic nitrogens is 1. The molecule has 4 heteroatoms. The van der Waals surface area contributed by atoms with Gasteiger partial charge in [-0.2, -0.15) is 0 Å². The molecule has 3 N–H and O–H groups in total. The number of hydrazine groups is 1. The summed E-state index contributed by atoms with van der Waals surface area (Å²) in [5, 5.41) is 0. The number of anilines is 1. The standard InChI is InChI=1S/C12H20N4/c13-15-12-11(6-5-7-14-12)10-16-8-3-1-2-4-9-16/h5-7H,1-4,8-10,13H2,(H,14,15). The Morgan fingerprint density at radius 2 is 2.00 bits per heavy atom. The summed E-state index contributed by atoms with van der Waals surface area (Å²) in [5.74, 6) is 6.25. The summed E-state index contributed by atoms with van der Waals surface area (Å²) in [6.45, 7) is 3.34. The molecule has 88 valence electrons. The lowest BCUT2D eigenvalue weighted by Crippen LogP contribution is -2.25. The molecule has 0 spiro atoms. The zero-order chi connectivity index (χ0) is 11.2. The second kappa shape index (κ2) is 5.82. The minimum atomic E-state index is 0.798. The van der Waals surface area contributed by atoms with Crippen LogP contribution in [-0.4, -0.2) is 23.0 Å². The molecule has 4 nitrogen and oxygen atoms in total. The van der Waals surface area contributed by atoms with Crippen LogP contribution < -0.4 is 11.3 Å². The van der Waals surface area contributed by atoms with Crippen molar-refractivity contribution in [2.75, 3.05) is 18.5 Å². The fraction of sp³-hybridized carbons (Fsp3) is 0.583. The average Bonchev–Trinajstić information content (AvgIpc) is 2.58. The van der Waals surface area contributed by atoms with Gasteiger partial charge in [0.15, 0.2) is 0 Å². The maximum atomic E-state index is 5.46. The predicted molar refractivity (Wildman–Crippen MR) is 65.8 cm³/mol. The third-order valence-corrected chi connectivity index (χ3v) is 3.12. The highest BCUT2D eigenvalue weighted by molar-refractivity contribution is 5.42. The van der Waals surface area contributed by atoms with E-state index in [1.807, 2.05) is 6.07 Å². The van der Waals surface area contributed by atoms with E-state index in [-0.39, 0.29) is 0 Å². The lowest BCUT2D eigenvalue weighted by molar-refractivity contribution is 0.277. The van der Waals surface area contributed by atoms with Gasteiger partial charge in [-0.3, -0.25) is 4.90 Å². The summed E-state index contributed by atoms with van der Waals surface area (Å²) < 4.78 is 0. The van der Waals surface area contributed by atoms with Crippen molar-refractivity contribution < 1.29 is 0 Å². The summed E-state index contributed by atoms with van der Waals surface area (Å²) in [4.78, 5) is 6.71. The minimum Gasteiger partial charge on any atom is -0.308 e. The van der Waals surface area contributed by atoms with Gasteiger partial charge in [-0.25, -0.2) is 10.8 Å². The summed E-state index contributed by atoms with van der Waals surface area (Å²) in [5.41, 5.74) is 3.85. The molecule has 1 aliphatic rings. The van der Waals surface area contributed by atoms with Crippen LogP contribution in [0.5, 0.6) is 0 Å². The molecule has 1 fully saturated rings. The summed E-state index contributed by atoms with van der Waals surface area (Å²) >= 11 is 0. The number of nitrogens with zero attached hydrogens (tertiary/aromatic N) is 2. The van der Waals surface area contributed by atoms with Crippen LogP contribution in [0.2, 0.25) is 0 Å². The van der Waals surface area contributed by atoms with Gasteiger partial charge in [0, 0.05) is 18.3 Å². The quantitative estimate of drug-likeness (QED) is 0.602. The van der Waals surface area contributed by atoms with Gasteiger partial charge in [0.2, 0.25) is 0 Å². The summed E-state index contributed by atoms with van der Waals surface area (Å²) in [6, 6.07) is 4.06.